The Morgan fingerprint density at radius 3 is 2.81 bits per heavy atom. The van der Waals surface area contributed by atoms with E-state index in [1.807, 2.05) is 18.3 Å². The third kappa shape index (κ3) is 7.69. The second-order valence-corrected chi connectivity index (χ2v) is 10.1. The second kappa shape index (κ2) is 10.8. The normalized spacial score (nSPS) is 17.8. The van der Waals surface area contributed by atoms with E-state index in [-0.39, 0.29) is 35.8 Å². The lowest BCUT2D eigenvalue weighted by molar-refractivity contribution is 0.192. The number of halogens is 1. The molecule has 2 atom stereocenters. The van der Waals surface area contributed by atoms with E-state index < -0.39 is 9.84 Å². The number of nitrogens with one attached hydrogen (secondary N) is 2. The summed E-state index contributed by atoms with van der Waals surface area (Å²) in [5.41, 5.74) is 1.46. The van der Waals surface area contributed by atoms with Crippen LogP contribution in [0, 0.1) is 0 Å². The van der Waals surface area contributed by atoms with Crippen molar-refractivity contribution in [3.05, 3.63) is 21.9 Å². The third-order valence-corrected chi connectivity index (χ3v) is 6.55. The molecule has 1 aliphatic rings. The van der Waals surface area contributed by atoms with Crippen molar-refractivity contribution < 1.29 is 8.42 Å². The first-order chi connectivity index (χ1) is 11.8. The molecule has 26 heavy (non-hydrogen) atoms. The van der Waals surface area contributed by atoms with Crippen LogP contribution in [-0.4, -0.2) is 63.5 Å². The molecule has 0 saturated carbocycles. The smallest absolute Gasteiger partial charge is 0.191 e. The van der Waals surface area contributed by atoms with Crippen LogP contribution >= 0.6 is 35.3 Å². The van der Waals surface area contributed by atoms with Crippen LogP contribution in [0.15, 0.2) is 16.4 Å². The topological polar surface area (TPSA) is 73.8 Å². The van der Waals surface area contributed by atoms with Crippen molar-refractivity contribution in [2.75, 3.05) is 32.1 Å². The Kier molecular flexibility index (Phi) is 9.84. The highest BCUT2D eigenvalue weighted by molar-refractivity contribution is 14.0. The summed E-state index contributed by atoms with van der Waals surface area (Å²) in [6.45, 7) is 7.11. The SMILES string of the molecule is CN=C(NCC(C)N1CCc2sccc2C1)NC(C)CCS(C)(=O)=O.I. The molecule has 2 unspecified atom stereocenters. The fourth-order valence-electron chi connectivity index (χ4n) is 2.91. The van der Waals surface area contributed by atoms with E-state index in [4.69, 9.17) is 0 Å². The van der Waals surface area contributed by atoms with Gasteiger partial charge in [0.05, 0.1) is 5.75 Å². The van der Waals surface area contributed by atoms with Crippen LogP contribution < -0.4 is 10.6 Å². The fourth-order valence-corrected chi connectivity index (χ4v) is 4.58. The summed E-state index contributed by atoms with van der Waals surface area (Å²) in [7, 11) is -1.19. The van der Waals surface area contributed by atoms with E-state index >= 15 is 0 Å². The first-order valence-corrected chi connectivity index (χ1v) is 11.7. The molecule has 9 heteroatoms. The van der Waals surface area contributed by atoms with E-state index in [2.05, 4.69) is 38.9 Å². The maximum atomic E-state index is 11.3. The standard InChI is InChI=1S/C17H30N4O2S2.HI/c1-13(7-10-25(4,22)23)20-17(18-3)19-11-14(2)21-8-5-16-15(12-21)6-9-24-16;/h6,9,13-14H,5,7-8,10-12H2,1-4H3,(H2,18,19,20);1H. The minimum Gasteiger partial charge on any atom is -0.355 e. The lowest BCUT2D eigenvalue weighted by atomic mass is 10.1. The van der Waals surface area contributed by atoms with Gasteiger partial charge in [-0.1, -0.05) is 0 Å². The molecule has 1 aromatic heterocycles. The average Bonchev–Trinajstić information content (AvgIpc) is 3.03. The van der Waals surface area contributed by atoms with Crippen LogP contribution in [0.25, 0.3) is 0 Å². The molecule has 0 aliphatic carbocycles. The Hall–Kier alpha value is -0.390. The van der Waals surface area contributed by atoms with E-state index in [9.17, 15) is 8.42 Å². The van der Waals surface area contributed by atoms with E-state index in [1.54, 1.807) is 7.05 Å². The van der Waals surface area contributed by atoms with Gasteiger partial charge in [0, 0.05) is 49.9 Å². The Bertz CT molecular complexity index is 691. The van der Waals surface area contributed by atoms with Crippen LogP contribution in [-0.2, 0) is 22.8 Å². The zero-order valence-corrected chi connectivity index (χ0v) is 20.0. The Morgan fingerprint density at radius 1 is 1.42 bits per heavy atom. The molecule has 0 spiro atoms. The number of rotatable bonds is 7. The number of thiophene rings is 1. The highest BCUT2D eigenvalue weighted by Gasteiger charge is 2.21. The van der Waals surface area contributed by atoms with Gasteiger partial charge in [-0.05, 0) is 43.7 Å². The number of hydrogen-bond acceptors (Lipinski definition) is 5. The predicted octanol–water partition coefficient (Wildman–Crippen LogP) is 2.10. The third-order valence-electron chi connectivity index (χ3n) is 4.55. The number of nitrogens with zero attached hydrogens (tertiary/aromatic N) is 2. The first-order valence-electron chi connectivity index (χ1n) is 8.72. The predicted molar refractivity (Wildman–Crippen MR) is 122 cm³/mol. The van der Waals surface area contributed by atoms with Crippen molar-refractivity contribution in [1.29, 1.82) is 0 Å². The van der Waals surface area contributed by atoms with Gasteiger partial charge in [0.2, 0.25) is 0 Å². The maximum Gasteiger partial charge on any atom is 0.191 e. The largest absolute Gasteiger partial charge is 0.355 e. The van der Waals surface area contributed by atoms with E-state index in [0.717, 1.165) is 32.0 Å². The highest BCUT2D eigenvalue weighted by Crippen LogP contribution is 2.24. The van der Waals surface area contributed by atoms with Crippen molar-refractivity contribution in [2.45, 2.75) is 45.3 Å². The van der Waals surface area contributed by atoms with Gasteiger partial charge >= 0.3 is 0 Å². The highest BCUT2D eigenvalue weighted by atomic mass is 127. The van der Waals surface area contributed by atoms with Crippen molar-refractivity contribution in [3.63, 3.8) is 0 Å². The summed E-state index contributed by atoms with van der Waals surface area (Å²) in [6, 6.07) is 2.69. The molecule has 0 bridgehead atoms. The summed E-state index contributed by atoms with van der Waals surface area (Å²) < 4.78 is 22.5. The summed E-state index contributed by atoms with van der Waals surface area (Å²) >= 11 is 1.86. The van der Waals surface area contributed by atoms with Crippen molar-refractivity contribution in [3.8, 4) is 0 Å². The molecule has 2 N–H and O–H groups in total. The van der Waals surface area contributed by atoms with Crippen LogP contribution in [0.3, 0.4) is 0 Å². The van der Waals surface area contributed by atoms with Crippen LogP contribution in [0.4, 0.5) is 0 Å². The first kappa shape index (κ1) is 23.6. The Balaban J connectivity index is 0.00000338. The van der Waals surface area contributed by atoms with Crippen molar-refractivity contribution in [1.82, 2.24) is 15.5 Å². The van der Waals surface area contributed by atoms with Crippen molar-refractivity contribution >= 4 is 51.1 Å². The number of fused-ring (bicyclic) bond motifs is 1. The average molecular weight is 514 g/mol. The quantitative estimate of drug-likeness (QED) is 0.331. The number of sulfone groups is 1. The second-order valence-electron chi connectivity index (χ2n) is 6.86. The monoisotopic (exact) mass is 514 g/mol. The molecular weight excluding hydrogens is 483 g/mol. The van der Waals surface area contributed by atoms with Gasteiger partial charge < -0.3 is 10.6 Å². The lowest BCUT2D eigenvalue weighted by Crippen LogP contribution is -2.49. The van der Waals surface area contributed by atoms with Gasteiger partial charge in [-0.2, -0.15) is 0 Å². The molecule has 0 radical (unpaired) electrons. The lowest BCUT2D eigenvalue weighted by Gasteiger charge is -2.33. The zero-order valence-electron chi connectivity index (χ0n) is 16.0. The fraction of sp³-hybridized carbons (Fsp3) is 0.706. The van der Waals surface area contributed by atoms with Gasteiger partial charge in [-0.25, -0.2) is 8.42 Å². The summed E-state index contributed by atoms with van der Waals surface area (Å²) in [6.07, 6.45) is 2.97. The number of guanidine groups is 1. The summed E-state index contributed by atoms with van der Waals surface area (Å²) in [4.78, 5) is 8.26. The minimum absolute atomic E-state index is 0. The molecule has 2 heterocycles. The molecule has 0 aromatic carbocycles. The van der Waals surface area contributed by atoms with Crippen molar-refractivity contribution in [2.24, 2.45) is 4.99 Å². The molecule has 2 rings (SSSR count). The number of hydrogen-bond donors (Lipinski definition) is 2. The summed E-state index contributed by atoms with van der Waals surface area (Å²) in [5.74, 6) is 0.909. The molecule has 0 saturated heterocycles. The summed E-state index contributed by atoms with van der Waals surface area (Å²) in [5, 5.41) is 8.81. The molecule has 1 aromatic rings. The number of aliphatic imine (C=N–C) groups is 1. The molecule has 0 fully saturated rings. The van der Waals surface area contributed by atoms with Crippen LogP contribution in [0.2, 0.25) is 0 Å². The maximum absolute atomic E-state index is 11.3. The Morgan fingerprint density at radius 2 is 2.15 bits per heavy atom. The van der Waals surface area contributed by atoms with Crippen LogP contribution in [0.1, 0.15) is 30.7 Å². The Labute approximate surface area is 178 Å². The molecular formula is C17H31IN4O2S2. The van der Waals surface area contributed by atoms with Gasteiger partial charge in [0.15, 0.2) is 5.96 Å². The van der Waals surface area contributed by atoms with E-state index in [1.165, 1.54) is 16.7 Å². The molecule has 150 valence electrons. The van der Waals surface area contributed by atoms with Gasteiger partial charge in [-0.15, -0.1) is 35.3 Å². The van der Waals surface area contributed by atoms with E-state index in [0.29, 0.717) is 12.5 Å². The van der Waals surface area contributed by atoms with Gasteiger partial charge in [0.25, 0.3) is 0 Å². The van der Waals surface area contributed by atoms with Gasteiger partial charge in [-0.3, -0.25) is 9.89 Å². The molecule has 6 nitrogen and oxygen atoms in total. The zero-order chi connectivity index (χ0) is 18.4. The minimum atomic E-state index is -2.93. The van der Waals surface area contributed by atoms with Crippen LogP contribution in [0.5, 0.6) is 0 Å². The molecule has 0 amide bonds. The molecule has 1 aliphatic heterocycles. The van der Waals surface area contributed by atoms with Gasteiger partial charge in [0.1, 0.15) is 9.84 Å².